The molecule has 0 radical (unpaired) electrons. The van der Waals surface area contributed by atoms with E-state index in [4.69, 9.17) is 23.2 Å². The first-order chi connectivity index (χ1) is 14.7. The Morgan fingerprint density at radius 2 is 1.84 bits per heavy atom. The minimum Gasteiger partial charge on any atom is -0.368 e. The Labute approximate surface area is 192 Å². The van der Waals surface area contributed by atoms with Crippen LogP contribution in [-0.2, 0) is 21.2 Å². The lowest BCUT2D eigenvalue weighted by Crippen LogP contribution is -2.40. The largest absolute Gasteiger partial charge is 0.368 e. The molecule has 0 spiro atoms. The van der Waals surface area contributed by atoms with Gasteiger partial charge < -0.3 is 10.2 Å². The maximum absolute atomic E-state index is 12.8. The molecule has 0 atom stereocenters. The number of likely N-dealkylation sites (N-methyl/N-ethyl adjacent to an activating group) is 2. The van der Waals surface area contributed by atoms with Crippen LogP contribution in [0.1, 0.15) is 11.1 Å². The van der Waals surface area contributed by atoms with Crippen molar-refractivity contribution < 1.29 is 13.2 Å². The summed E-state index contributed by atoms with van der Waals surface area (Å²) in [7, 11) is -0.951. The number of halogens is 2. The molecule has 0 aliphatic carbocycles. The second-order valence-electron chi connectivity index (χ2n) is 7.23. The van der Waals surface area contributed by atoms with Gasteiger partial charge >= 0.3 is 0 Å². The third-order valence-electron chi connectivity index (χ3n) is 5.03. The molecular formula is C21H24Cl2N4O3S. The molecule has 2 aromatic rings. The Kier molecular flexibility index (Phi) is 7.59. The van der Waals surface area contributed by atoms with Gasteiger partial charge in [0.2, 0.25) is 15.9 Å². The highest BCUT2D eigenvalue weighted by Gasteiger charge is 2.27. The summed E-state index contributed by atoms with van der Waals surface area (Å²) in [5.74, 6) is 0.591. The van der Waals surface area contributed by atoms with E-state index < -0.39 is 10.0 Å². The van der Waals surface area contributed by atoms with E-state index in [-0.39, 0.29) is 27.4 Å². The van der Waals surface area contributed by atoms with Crippen molar-refractivity contribution in [2.45, 2.75) is 11.3 Å². The fourth-order valence-electron chi connectivity index (χ4n) is 3.09. The SMILES string of the molecule is CN(CCc1ccc(C2=NCCN2)cc1)C(=O)CN(C)S(=O)(=O)c1cccc(Cl)c1Cl. The molecule has 0 fully saturated rings. The van der Waals surface area contributed by atoms with E-state index in [0.717, 1.165) is 34.4 Å². The highest BCUT2D eigenvalue weighted by atomic mass is 35.5. The molecule has 3 rings (SSSR count). The van der Waals surface area contributed by atoms with Crippen LogP contribution in [0.5, 0.6) is 0 Å². The molecule has 31 heavy (non-hydrogen) atoms. The molecule has 166 valence electrons. The van der Waals surface area contributed by atoms with Crippen molar-refractivity contribution in [1.82, 2.24) is 14.5 Å². The van der Waals surface area contributed by atoms with E-state index in [0.29, 0.717) is 13.0 Å². The summed E-state index contributed by atoms with van der Waals surface area (Å²) < 4.78 is 26.5. The Bertz CT molecular complexity index is 1090. The number of nitrogens with one attached hydrogen (secondary N) is 1. The molecule has 0 bridgehead atoms. The number of amides is 1. The number of carbonyl (C=O) groups excluding carboxylic acids is 1. The molecule has 1 amide bonds. The first-order valence-corrected chi connectivity index (χ1v) is 11.9. The van der Waals surface area contributed by atoms with E-state index in [2.05, 4.69) is 10.3 Å². The van der Waals surface area contributed by atoms with Gasteiger partial charge in [-0.05, 0) is 24.1 Å². The van der Waals surface area contributed by atoms with Crippen molar-refractivity contribution in [1.29, 1.82) is 0 Å². The summed E-state index contributed by atoms with van der Waals surface area (Å²) in [6, 6.07) is 12.4. The fraction of sp³-hybridized carbons (Fsp3) is 0.333. The molecule has 1 aliphatic heterocycles. The third-order valence-corrected chi connectivity index (χ3v) is 7.80. The van der Waals surface area contributed by atoms with Crippen molar-refractivity contribution >= 4 is 45.0 Å². The molecule has 1 heterocycles. The van der Waals surface area contributed by atoms with Gasteiger partial charge in [-0.25, -0.2) is 8.42 Å². The van der Waals surface area contributed by atoms with E-state index in [9.17, 15) is 13.2 Å². The summed E-state index contributed by atoms with van der Waals surface area (Å²) in [4.78, 5) is 18.4. The van der Waals surface area contributed by atoms with Gasteiger partial charge in [0.05, 0.1) is 23.1 Å². The summed E-state index contributed by atoms with van der Waals surface area (Å²) in [6.07, 6.45) is 0.652. The van der Waals surface area contributed by atoms with Crippen molar-refractivity contribution in [3.05, 3.63) is 63.6 Å². The summed E-state index contributed by atoms with van der Waals surface area (Å²) in [5, 5.41) is 3.32. The number of carbonyl (C=O) groups is 1. The quantitative estimate of drug-likeness (QED) is 0.626. The predicted molar refractivity (Wildman–Crippen MR) is 123 cm³/mol. The Morgan fingerprint density at radius 3 is 2.48 bits per heavy atom. The van der Waals surface area contributed by atoms with Gasteiger partial charge in [-0.15, -0.1) is 0 Å². The number of aliphatic imine (C=N–C) groups is 1. The van der Waals surface area contributed by atoms with Gasteiger partial charge in [-0.1, -0.05) is 53.5 Å². The second kappa shape index (κ2) is 9.99. The third kappa shape index (κ3) is 5.57. The average Bonchev–Trinajstić information content (AvgIpc) is 3.29. The Hall–Kier alpha value is -2.13. The molecule has 0 aromatic heterocycles. The van der Waals surface area contributed by atoms with E-state index in [1.54, 1.807) is 7.05 Å². The average molecular weight is 483 g/mol. The Morgan fingerprint density at radius 1 is 1.13 bits per heavy atom. The van der Waals surface area contributed by atoms with Crippen molar-refractivity contribution in [2.75, 3.05) is 40.3 Å². The number of hydrogen-bond acceptors (Lipinski definition) is 5. The zero-order valence-electron chi connectivity index (χ0n) is 17.3. The standard InChI is InChI=1S/C21H24Cl2N4O3S/c1-26(13-10-15-6-8-16(9-7-15)21-24-11-12-25-21)19(28)14-27(2)31(29,30)18-5-3-4-17(22)20(18)23/h3-9H,10-14H2,1-2H3,(H,24,25). The summed E-state index contributed by atoms with van der Waals surface area (Å²) in [5.41, 5.74) is 2.12. The molecule has 7 nitrogen and oxygen atoms in total. The molecular weight excluding hydrogens is 459 g/mol. The zero-order valence-corrected chi connectivity index (χ0v) is 19.6. The van der Waals surface area contributed by atoms with Crippen LogP contribution in [0.2, 0.25) is 10.0 Å². The predicted octanol–water partition coefficient (Wildman–Crippen LogP) is 2.66. The number of amidine groups is 1. The Balaban J connectivity index is 1.56. The van der Waals surface area contributed by atoms with Crippen molar-refractivity contribution in [3.63, 3.8) is 0 Å². The maximum Gasteiger partial charge on any atom is 0.244 e. The number of rotatable bonds is 8. The molecule has 2 aromatic carbocycles. The van der Waals surface area contributed by atoms with E-state index in [1.165, 1.54) is 30.1 Å². The van der Waals surface area contributed by atoms with Gasteiger partial charge in [0.15, 0.2) is 0 Å². The number of hydrogen-bond donors (Lipinski definition) is 1. The lowest BCUT2D eigenvalue weighted by molar-refractivity contribution is -0.129. The lowest BCUT2D eigenvalue weighted by Gasteiger charge is -2.22. The van der Waals surface area contributed by atoms with Crippen LogP contribution in [-0.4, -0.2) is 69.6 Å². The number of sulfonamides is 1. The summed E-state index contributed by atoms with van der Waals surface area (Å²) >= 11 is 12.0. The monoisotopic (exact) mass is 482 g/mol. The van der Waals surface area contributed by atoms with Crippen molar-refractivity contribution in [2.24, 2.45) is 4.99 Å². The van der Waals surface area contributed by atoms with E-state index >= 15 is 0 Å². The molecule has 1 aliphatic rings. The maximum atomic E-state index is 12.8. The molecule has 10 heteroatoms. The first kappa shape index (κ1) is 23.5. The van der Waals surface area contributed by atoms with Crippen LogP contribution < -0.4 is 5.32 Å². The van der Waals surface area contributed by atoms with Crippen LogP contribution in [0, 0.1) is 0 Å². The second-order valence-corrected chi connectivity index (χ2v) is 10.0. The van der Waals surface area contributed by atoms with Gasteiger partial charge in [0.25, 0.3) is 0 Å². The van der Waals surface area contributed by atoms with Gasteiger partial charge in [-0.3, -0.25) is 9.79 Å². The van der Waals surface area contributed by atoms with Crippen LogP contribution in [0.25, 0.3) is 0 Å². The van der Waals surface area contributed by atoms with Crippen LogP contribution in [0.4, 0.5) is 0 Å². The fourth-order valence-corrected chi connectivity index (χ4v) is 4.94. The molecule has 0 saturated carbocycles. The van der Waals surface area contributed by atoms with Gasteiger partial charge in [0, 0.05) is 32.7 Å². The smallest absolute Gasteiger partial charge is 0.244 e. The zero-order chi connectivity index (χ0) is 22.6. The van der Waals surface area contributed by atoms with Crippen LogP contribution >= 0.6 is 23.2 Å². The minimum atomic E-state index is -3.95. The van der Waals surface area contributed by atoms with Crippen LogP contribution in [0.3, 0.4) is 0 Å². The van der Waals surface area contributed by atoms with E-state index in [1.807, 2.05) is 24.3 Å². The highest BCUT2D eigenvalue weighted by molar-refractivity contribution is 7.89. The van der Waals surface area contributed by atoms with Crippen LogP contribution in [0.15, 0.2) is 52.4 Å². The molecule has 0 saturated heterocycles. The van der Waals surface area contributed by atoms with Crippen molar-refractivity contribution in [3.8, 4) is 0 Å². The molecule has 1 N–H and O–H groups in total. The highest BCUT2D eigenvalue weighted by Crippen LogP contribution is 2.30. The summed E-state index contributed by atoms with van der Waals surface area (Å²) in [6.45, 7) is 1.81. The normalized spacial score (nSPS) is 13.8. The topological polar surface area (TPSA) is 82.1 Å². The number of nitrogens with zero attached hydrogens (tertiary/aromatic N) is 3. The first-order valence-electron chi connectivity index (χ1n) is 9.72. The minimum absolute atomic E-state index is 0.0564. The lowest BCUT2D eigenvalue weighted by atomic mass is 10.1. The molecule has 0 unspecified atom stereocenters. The van der Waals surface area contributed by atoms with Gasteiger partial charge in [-0.2, -0.15) is 4.31 Å². The number of benzene rings is 2. The van der Waals surface area contributed by atoms with Gasteiger partial charge in [0.1, 0.15) is 10.7 Å².